The molecule has 17 heavy (non-hydrogen) atoms. The largest absolute Gasteiger partial charge is 0.389 e. The van der Waals surface area contributed by atoms with Gasteiger partial charge in [0.05, 0.1) is 5.60 Å². The maximum atomic E-state index is 10.1. The Bertz CT molecular complexity index is 411. The summed E-state index contributed by atoms with van der Waals surface area (Å²) in [5.41, 5.74) is 2.48. The van der Waals surface area contributed by atoms with Gasteiger partial charge in [-0.1, -0.05) is 31.2 Å². The maximum Gasteiger partial charge on any atom is 0.0771 e. The van der Waals surface area contributed by atoms with E-state index in [2.05, 4.69) is 36.5 Å². The molecule has 2 heteroatoms. The normalized spacial score (nSPS) is 29.8. The zero-order chi connectivity index (χ0) is 11.9. The lowest BCUT2D eigenvalue weighted by atomic mass is 9.80. The summed E-state index contributed by atoms with van der Waals surface area (Å²) in [4.78, 5) is 0. The topological polar surface area (TPSA) is 32.3 Å². The van der Waals surface area contributed by atoms with Gasteiger partial charge in [0.1, 0.15) is 0 Å². The van der Waals surface area contributed by atoms with E-state index in [1.54, 1.807) is 0 Å². The number of fused-ring (bicyclic) bond motifs is 1. The second kappa shape index (κ2) is 4.11. The van der Waals surface area contributed by atoms with E-state index < -0.39 is 5.60 Å². The van der Waals surface area contributed by atoms with E-state index in [4.69, 9.17) is 0 Å². The third kappa shape index (κ3) is 2.00. The standard InChI is InChI=1S/C15H21NO/c1-11-9-12-5-2-3-6-13(12)14(11)16-10-15(17)7-4-8-15/h2-3,5-6,11,14,16-17H,4,7-10H2,1H3. The van der Waals surface area contributed by atoms with Gasteiger partial charge in [-0.05, 0) is 42.7 Å². The first-order valence-corrected chi connectivity index (χ1v) is 6.72. The Kier molecular flexibility index (Phi) is 2.72. The molecule has 0 spiro atoms. The zero-order valence-electron chi connectivity index (χ0n) is 10.4. The van der Waals surface area contributed by atoms with Gasteiger partial charge in [0.15, 0.2) is 0 Å². The van der Waals surface area contributed by atoms with Gasteiger partial charge in [-0.15, -0.1) is 0 Å². The third-order valence-electron chi connectivity index (χ3n) is 4.44. The molecule has 2 aliphatic rings. The molecular formula is C15H21NO. The Balaban J connectivity index is 1.70. The minimum Gasteiger partial charge on any atom is -0.389 e. The Morgan fingerprint density at radius 2 is 2.12 bits per heavy atom. The fraction of sp³-hybridized carbons (Fsp3) is 0.600. The first-order valence-electron chi connectivity index (χ1n) is 6.72. The number of nitrogens with one attached hydrogen (secondary N) is 1. The van der Waals surface area contributed by atoms with Crippen LogP contribution in [0.5, 0.6) is 0 Å². The van der Waals surface area contributed by atoms with Crippen molar-refractivity contribution in [2.75, 3.05) is 6.54 Å². The van der Waals surface area contributed by atoms with Crippen LogP contribution in [0.2, 0.25) is 0 Å². The van der Waals surface area contributed by atoms with Crippen LogP contribution in [0, 0.1) is 5.92 Å². The molecule has 0 bridgehead atoms. The molecule has 92 valence electrons. The maximum absolute atomic E-state index is 10.1. The van der Waals surface area contributed by atoms with Crippen LogP contribution >= 0.6 is 0 Å². The van der Waals surface area contributed by atoms with Crippen LogP contribution in [-0.4, -0.2) is 17.3 Å². The first-order chi connectivity index (χ1) is 8.18. The summed E-state index contributed by atoms with van der Waals surface area (Å²) < 4.78 is 0. The van der Waals surface area contributed by atoms with Crippen molar-refractivity contribution in [1.82, 2.24) is 5.32 Å². The summed E-state index contributed by atoms with van der Waals surface area (Å²) in [6, 6.07) is 9.11. The molecule has 3 rings (SSSR count). The summed E-state index contributed by atoms with van der Waals surface area (Å²) in [5, 5.41) is 13.7. The third-order valence-corrected chi connectivity index (χ3v) is 4.44. The van der Waals surface area contributed by atoms with E-state index in [0.29, 0.717) is 12.0 Å². The number of aliphatic hydroxyl groups is 1. The van der Waals surface area contributed by atoms with Crippen molar-refractivity contribution in [3.8, 4) is 0 Å². The van der Waals surface area contributed by atoms with Crippen LogP contribution < -0.4 is 5.32 Å². The second-order valence-corrected chi connectivity index (χ2v) is 5.82. The smallest absolute Gasteiger partial charge is 0.0771 e. The lowest BCUT2D eigenvalue weighted by molar-refractivity contribution is -0.0341. The van der Waals surface area contributed by atoms with Crippen LogP contribution in [0.1, 0.15) is 43.4 Å². The average Bonchev–Trinajstić information content (AvgIpc) is 2.60. The molecule has 0 amide bonds. The molecule has 1 aromatic carbocycles. The predicted molar refractivity (Wildman–Crippen MR) is 68.9 cm³/mol. The first kappa shape index (κ1) is 11.2. The highest BCUT2D eigenvalue weighted by Gasteiger charge is 2.36. The van der Waals surface area contributed by atoms with Gasteiger partial charge in [0, 0.05) is 12.6 Å². The second-order valence-electron chi connectivity index (χ2n) is 5.82. The van der Waals surface area contributed by atoms with Crippen LogP contribution in [0.15, 0.2) is 24.3 Å². The summed E-state index contributed by atoms with van der Waals surface area (Å²) in [6.45, 7) is 3.04. The molecule has 1 aromatic rings. The molecule has 0 aliphatic heterocycles. The van der Waals surface area contributed by atoms with Crippen molar-refractivity contribution < 1.29 is 5.11 Å². The van der Waals surface area contributed by atoms with Crippen molar-refractivity contribution in [3.63, 3.8) is 0 Å². The van der Waals surface area contributed by atoms with Crippen LogP contribution in [0.25, 0.3) is 0 Å². The Morgan fingerprint density at radius 1 is 1.35 bits per heavy atom. The fourth-order valence-electron chi connectivity index (χ4n) is 3.17. The van der Waals surface area contributed by atoms with Crippen molar-refractivity contribution in [2.24, 2.45) is 5.92 Å². The predicted octanol–water partition coefficient (Wildman–Crippen LogP) is 2.42. The van der Waals surface area contributed by atoms with Gasteiger partial charge in [0.2, 0.25) is 0 Å². The highest BCUT2D eigenvalue weighted by Crippen LogP contribution is 2.37. The fourth-order valence-corrected chi connectivity index (χ4v) is 3.17. The zero-order valence-corrected chi connectivity index (χ0v) is 10.4. The Hall–Kier alpha value is -0.860. The molecule has 0 radical (unpaired) electrons. The minimum atomic E-state index is -0.419. The van der Waals surface area contributed by atoms with E-state index >= 15 is 0 Å². The van der Waals surface area contributed by atoms with Crippen molar-refractivity contribution in [3.05, 3.63) is 35.4 Å². The molecule has 1 fully saturated rings. The molecule has 2 unspecified atom stereocenters. The summed E-state index contributed by atoms with van der Waals surface area (Å²) in [5.74, 6) is 0.635. The molecule has 1 saturated carbocycles. The molecule has 2 aliphatic carbocycles. The molecule has 2 nitrogen and oxygen atoms in total. The lowest BCUT2D eigenvalue weighted by Gasteiger charge is -2.38. The van der Waals surface area contributed by atoms with Crippen LogP contribution in [-0.2, 0) is 6.42 Å². The summed E-state index contributed by atoms with van der Waals surface area (Å²) >= 11 is 0. The highest BCUT2D eigenvalue weighted by atomic mass is 16.3. The monoisotopic (exact) mass is 231 g/mol. The molecule has 0 aromatic heterocycles. The van der Waals surface area contributed by atoms with E-state index in [9.17, 15) is 5.11 Å². The van der Waals surface area contributed by atoms with Gasteiger partial charge >= 0.3 is 0 Å². The van der Waals surface area contributed by atoms with Crippen molar-refractivity contribution in [2.45, 2.75) is 44.2 Å². The SMILES string of the molecule is CC1Cc2ccccc2C1NCC1(O)CCC1. The average molecular weight is 231 g/mol. The number of benzene rings is 1. The molecule has 2 atom stereocenters. The van der Waals surface area contributed by atoms with E-state index in [-0.39, 0.29) is 0 Å². The van der Waals surface area contributed by atoms with Gasteiger partial charge in [-0.2, -0.15) is 0 Å². The van der Waals surface area contributed by atoms with Gasteiger partial charge in [-0.25, -0.2) is 0 Å². The number of rotatable bonds is 3. The van der Waals surface area contributed by atoms with E-state index in [1.165, 1.54) is 17.5 Å². The van der Waals surface area contributed by atoms with Gasteiger partial charge in [-0.3, -0.25) is 0 Å². The van der Waals surface area contributed by atoms with Crippen LogP contribution in [0.3, 0.4) is 0 Å². The molecule has 2 N–H and O–H groups in total. The van der Waals surface area contributed by atoms with Crippen LogP contribution in [0.4, 0.5) is 0 Å². The Labute approximate surface area is 103 Å². The molecule has 0 heterocycles. The minimum absolute atomic E-state index is 0.419. The van der Waals surface area contributed by atoms with E-state index in [1.807, 2.05) is 0 Å². The van der Waals surface area contributed by atoms with Crippen molar-refractivity contribution in [1.29, 1.82) is 0 Å². The highest BCUT2D eigenvalue weighted by molar-refractivity contribution is 5.35. The molecular weight excluding hydrogens is 210 g/mol. The number of hydrogen-bond donors (Lipinski definition) is 2. The van der Waals surface area contributed by atoms with E-state index in [0.717, 1.165) is 25.8 Å². The quantitative estimate of drug-likeness (QED) is 0.837. The summed E-state index contributed by atoms with van der Waals surface area (Å²) in [6.07, 6.45) is 4.26. The van der Waals surface area contributed by atoms with Crippen molar-refractivity contribution >= 4 is 0 Å². The van der Waals surface area contributed by atoms with Gasteiger partial charge < -0.3 is 10.4 Å². The number of hydrogen-bond acceptors (Lipinski definition) is 2. The van der Waals surface area contributed by atoms with Gasteiger partial charge in [0.25, 0.3) is 0 Å². The lowest BCUT2D eigenvalue weighted by Crippen LogP contribution is -2.47. The summed E-state index contributed by atoms with van der Waals surface area (Å²) in [7, 11) is 0. The Morgan fingerprint density at radius 3 is 2.82 bits per heavy atom. The molecule has 0 saturated heterocycles.